The standard InChI is InChI=1S/C43H55N7O6S/c1-25(55-7)37-29(14-10-18-44-37)39-31-22-43(3,4)24-56-42(54)32-15-11-19-50(47-32)41(53)33(46-40(52)38(48(5)26(2)51)27-12-8-9-13-27)21-36-45-34(23-57-36)28-16-17-35(49(39)6)30(31)20-28/h10,14,16-18,20,23,25,27,32-33,38,47H,8-9,11-13,15,19,21-22,24H2,1-7H3,(H,46,52)/t25-,32-,33-,38?/m0/s1. The van der Waals surface area contributed by atoms with Gasteiger partial charge < -0.3 is 24.3 Å². The van der Waals surface area contributed by atoms with E-state index in [4.69, 9.17) is 19.4 Å². The number of thiazole rings is 1. The van der Waals surface area contributed by atoms with E-state index in [2.05, 4.69) is 60.5 Å². The molecule has 304 valence electrons. The van der Waals surface area contributed by atoms with Gasteiger partial charge >= 0.3 is 5.97 Å². The molecule has 4 atom stereocenters. The normalized spacial score (nSPS) is 21.5. The van der Waals surface area contributed by atoms with E-state index in [9.17, 15) is 19.2 Å². The van der Waals surface area contributed by atoms with Gasteiger partial charge in [0.25, 0.3) is 5.91 Å². The summed E-state index contributed by atoms with van der Waals surface area (Å²) in [5.41, 5.74) is 9.32. The lowest BCUT2D eigenvalue weighted by atomic mass is 9.84. The minimum absolute atomic E-state index is 0.00243. The Kier molecular flexibility index (Phi) is 11.9. The third kappa shape index (κ3) is 8.35. The molecular weight excluding hydrogens is 743 g/mol. The van der Waals surface area contributed by atoms with Gasteiger partial charge in [0.15, 0.2) is 0 Å². The Balaban J connectivity index is 1.31. The van der Waals surface area contributed by atoms with Crippen LogP contribution in [0.5, 0.6) is 0 Å². The van der Waals surface area contributed by atoms with Crippen LogP contribution in [-0.4, -0.2) is 93.6 Å². The fourth-order valence-corrected chi connectivity index (χ4v) is 9.65. The molecule has 1 aliphatic carbocycles. The first-order chi connectivity index (χ1) is 27.3. The molecule has 3 aliphatic rings. The minimum atomic E-state index is -0.991. The van der Waals surface area contributed by atoms with E-state index >= 15 is 0 Å². The van der Waals surface area contributed by atoms with Crippen LogP contribution in [-0.2, 0) is 48.5 Å². The Bertz CT molecular complexity index is 2160. The first-order valence-corrected chi connectivity index (χ1v) is 21.0. The molecule has 13 nitrogen and oxygen atoms in total. The maximum Gasteiger partial charge on any atom is 0.324 e. The van der Waals surface area contributed by atoms with E-state index in [1.165, 1.54) is 28.2 Å². The van der Waals surface area contributed by atoms with E-state index in [0.29, 0.717) is 30.8 Å². The summed E-state index contributed by atoms with van der Waals surface area (Å²) in [7, 11) is 5.40. The monoisotopic (exact) mass is 797 g/mol. The number of aromatic nitrogens is 3. The molecule has 3 amide bonds. The molecule has 1 saturated heterocycles. The van der Waals surface area contributed by atoms with Gasteiger partial charge in [-0.1, -0.05) is 32.8 Å². The molecule has 0 radical (unpaired) electrons. The van der Waals surface area contributed by atoms with Gasteiger partial charge in [-0.15, -0.1) is 11.3 Å². The van der Waals surface area contributed by atoms with Gasteiger partial charge in [-0.05, 0) is 74.8 Å². The lowest BCUT2D eigenvalue weighted by Gasteiger charge is -2.36. The van der Waals surface area contributed by atoms with E-state index in [0.717, 1.165) is 70.4 Å². The van der Waals surface area contributed by atoms with Gasteiger partial charge in [-0.3, -0.25) is 29.2 Å². The largest absolute Gasteiger partial charge is 0.464 e. The van der Waals surface area contributed by atoms with Gasteiger partial charge in [-0.25, -0.2) is 10.4 Å². The number of pyridine rings is 1. The Morgan fingerprint density at radius 1 is 1.14 bits per heavy atom. The lowest BCUT2D eigenvalue weighted by Crippen LogP contribution is -2.62. The molecule has 5 heterocycles. The fraction of sp³-hybridized carbons (Fsp3) is 0.535. The number of cyclic esters (lactones) is 1. The average Bonchev–Trinajstić information content (AvgIpc) is 3.96. The van der Waals surface area contributed by atoms with Gasteiger partial charge in [0, 0.05) is 80.1 Å². The van der Waals surface area contributed by atoms with Crippen molar-refractivity contribution in [3.05, 3.63) is 58.2 Å². The number of benzene rings is 1. The van der Waals surface area contributed by atoms with Gasteiger partial charge in [0.1, 0.15) is 18.1 Å². The van der Waals surface area contributed by atoms with Crippen LogP contribution < -0.4 is 10.7 Å². The molecule has 4 aromatic rings. The molecule has 1 saturated carbocycles. The molecule has 2 fully saturated rings. The average molecular weight is 798 g/mol. The summed E-state index contributed by atoms with van der Waals surface area (Å²) >= 11 is 1.44. The van der Waals surface area contributed by atoms with Crippen molar-refractivity contribution in [2.75, 3.05) is 27.3 Å². The second-order valence-corrected chi connectivity index (χ2v) is 17.6. The number of nitrogens with zero attached hydrogens (tertiary/aromatic N) is 5. The number of methoxy groups -OCH3 is 1. The smallest absolute Gasteiger partial charge is 0.324 e. The maximum atomic E-state index is 14.4. The first kappa shape index (κ1) is 40.5. The second kappa shape index (κ2) is 16.7. The van der Waals surface area contributed by atoms with Crippen molar-refractivity contribution in [2.24, 2.45) is 18.4 Å². The SMILES string of the molecule is CO[C@@H](C)c1ncccc1-c1c2c3cc(ccc3n1C)-c1csc(n1)C[C@H](NC(=O)C(C1CCCC1)N(C)C(C)=O)C(=O)N1CCC[C@H](N1)C(=O)OCC(C)(C)C2. The quantitative estimate of drug-likeness (QED) is 0.223. The number of hydrogen-bond acceptors (Lipinski definition) is 10. The van der Waals surface area contributed by atoms with Crippen LogP contribution in [0.2, 0.25) is 0 Å². The highest BCUT2D eigenvalue weighted by Crippen LogP contribution is 2.41. The Hall–Kier alpha value is -4.66. The topological polar surface area (TPSA) is 148 Å². The molecule has 1 unspecified atom stereocenters. The third-order valence-corrected chi connectivity index (χ3v) is 12.9. The van der Waals surface area contributed by atoms with Crippen LogP contribution in [0, 0.1) is 11.3 Å². The summed E-state index contributed by atoms with van der Waals surface area (Å²) in [6.07, 6.45) is 7.02. The van der Waals surface area contributed by atoms with E-state index in [1.807, 2.05) is 18.4 Å². The number of nitrogens with one attached hydrogen (secondary N) is 2. The zero-order valence-electron chi connectivity index (χ0n) is 34.1. The zero-order chi connectivity index (χ0) is 40.6. The number of likely N-dealkylation sites (N-methyl/N-ethyl adjacent to an activating group) is 1. The van der Waals surface area contributed by atoms with Crippen LogP contribution in [0.1, 0.15) is 88.6 Å². The summed E-state index contributed by atoms with van der Waals surface area (Å²) in [4.78, 5) is 66.2. The second-order valence-electron chi connectivity index (χ2n) is 16.7. The van der Waals surface area contributed by atoms with Crippen molar-refractivity contribution < 1.29 is 28.7 Å². The number of hydrazine groups is 1. The minimum Gasteiger partial charge on any atom is -0.464 e. The number of amides is 3. The van der Waals surface area contributed by atoms with Crippen LogP contribution in [0.3, 0.4) is 0 Å². The summed E-state index contributed by atoms with van der Waals surface area (Å²) in [6, 6.07) is 7.94. The highest BCUT2D eigenvalue weighted by molar-refractivity contribution is 7.10. The molecular formula is C43H55N7O6S. The van der Waals surface area contributed by atoms with Crippen LogP contribution in [0.4, 0.5) is 0 Å². The van der Waals surface area contributed by atoms with Crippen LogP contribution >= 0.6 is 11.3 Å². The lowest BCUT2D eigenvalue weighted by molar-refractivity contribution is -0.155. The van der Waals surface area contributed by atoms with Gasteiger partial charge in [0.05, 0.1) is 34.8 Å². The van der Waals surface area contributed by atoms with Crippen molar-refractivity contribution in [1.82, 2.24) is 35.2 Å². The van der Waals surface area contributed by atoms with Crippen LogP contribution in [0.15, 0.2) is 41.9 Å². The number of carbonyl (C=O) groups is 4. The number of rotatable bonds is 7. The number of esters is 1. The number of fused-ring (bicyclic) bond motifs is 6. The molecule has 6 bridgehead atoms. The molecule has 3 aromatic heterocycles. The van der Waals surface area contributed by atoms with E-state index in [-0.39, 0.29) is 42.8 Å². The van der Waals surface area contributed by atoms with Crippen LogP contribution in [0.25, 0.3) is 33.4 Å². The van der Waals surface area contributed by atoms with Gasteiger partial charge in [0.2, 0.25) is 11.8 Å². The molecule has 7 rings (SSSR count). The Morgan fingerprint density at radius 3 is 2.65 bits per heavy atom. The van der Waals surface area contributed by atoms with Crippen molar-refractivity contribution in [2.45, 2.75) is 103 Å². The van der Waals surface area contributed by atoms with E-state index < -0.39 is 29.5 Å². The summed E-state index contributed by atoms with van der Waals surface area (Å²) in [5, 5.41) is 8.23. The molecule has 2 aliphatic heterocycles. The third-order valence-electron chi connectivity index (χ3n) is 12.0. The number of hydrogen-bond donors (Lipinski definition) is 2. The molecule has 1 aromatic carbocycles. The number of ether oxygens (including phenoxy) is 2. The number of carbonyl (C=O) groups excluding carboxylic acids is 4. The predicted molar refractivity (Wildman–Crippen MR) is 219 cm³/mol. The summed E-state index contributed by atoms with van der Waals surface area (Å²) < 4.78 is 14.0. The Labute approximate surface area is 338 Å². The summed E-state index contributed by atoms with van der Waals surface area (Å²) in [5.74, 6) is -1.36. The summed E-state index contributed by atoms with van der Waals surface area (Å²) in [6.45, 7) is 8.16. The maximum absolute atomic E-state index is 14.4. The predicted octanol–water partition coefficient (Wildman–Crippen LogP) is 5.76. The van der Waals surface area contributed by atoms with Crippen molar-refractivity contribution >= 4 is 45.9 Å². The van der Waals surface area contributed by atoms with Crippen molar-refractivity contribution in [3.8, 4) is 22.5 Å². The van der Waals surface area contributed by atoms with Crippen molar-refractivity contribution in [3.63, 3.8) is 0 Å². The molecule has 0 spiro atoms. The number of aryl methyl sites for hydroxylation is 1. The molecule has 57 heavy (non-hydrogen) atoms. The molecule has 14 heteroatoms. The van der Waals surface area contributed by atoms with E-state index in [1.54, 1.807) is 20.4 Å². The molecule has 2 N–H and O–H groups in total. The highest BCUT2D eigenvalue weighted by atomic mass is 32.1. The highest BCUT2D eigenvalue weighted by Gasteiger charge is 2.39. The van der Waals surface area contributed by atoms with Gasteiger partial charge in [-0.2, -0.15) is 0 Å². The fourth-order valence-electron chi connectivity index (χ4n) is 8.80. The Morgan fingerprint density at radius 2 is 1.91 bits per heavy atom. The zero-order valence-corrected chi connectivity index (χ0v) is 34.9. The van der Waals surface area contributed by atoms with Crippen molar-refractivity contribution in [1.29, 1.82) is 0 Å². The first-order valence-electron chi connectivity index (χ1n) is 20.1.